The van der Waals surface area contributed by atoms with Crippen molar-refractivity contribution in [1.29, 1.82) is 0 Å². The highest BCUT2D eigenvalue weighted by atomic mass is 19.4. The van der Waals surface area contributed by atoms with Crippen molar-refractivity contribution in [2.75, 3.05) is 0 Å². The number of hydrogen-bond acceptors (Lipinski definition) is 4. The lowest BCUT2D eigenvalue weighted by Crippen LogP contribution is -2.54. The zero-order valence-electron chi connectivity index (χ0n) is 17.7. The number of alkyl halides is 7. The first kappa shape index (κ1) is 27.1. The van der Waals surface area contributed by atoms with Gasteiger partial charge in [-0.2, -0.15) is 26.3 Å². The van der Waals surface area contributed by atoms with Crippen molar-refractivity contribution >= 4 is 11.9 Å². The second-order valence-corrected chi connectivity index (χ2v) is 7.48. The van der Waals surface area contributed by atoms with E-state index in [1.807, 2.05) is 0 Å². The van der Waals surface area contributed by atoms with Crippen LogP contribution in [-0.2, 0) is 32.3 Å². The van der Waals surface area contributed by atoms with E-state index in [0.717, 1.165) is 0 Å². The zero-order valence-corrected chi connectivity index (χ0v) is 17.7. The molecule has 186 valence electrons. The third-order valence-corrected chi connectivity index (χ3v) is 4.92. The number of carbonyl (C=O) groups excluding carboxylic acids is 2. The number of benzene rings is 2. The van der Waals surface area contributed by atoms with Gasteiger partial charge in [0.15, 0.2) is 0 Å². The molecular weight excluding hydrogens is 473 g/mol. The molecule has 2 aromatic carbocycles. The zero-order chi connectivity index (χ0) is 25.4. The van der Waals surface area contributed by atoms with Crippen molar-refractivity contribution in [1.82, 2.24) is 0 Å². The summed E-state index contributed by atoms with van der Waals surface area (Å²) in [5.74, 6) is -4.68. The van der Waals surface area contributed by atoms with Gasteiger partial charge in [0.25, 0.3) is 5.67 Å². The molecule has 0 fully saturated rings. The molecular formula is C23H21F7O4. The molecule has 0 aromatic heterocycles. The molecule has 0 saturated heterocycles. The largest absolute Gasteiger partial charge is 0.461 e. The highest BCUT2D eigenvalue weighted by Crippen LogP contribution is 2.50. The highest BCUT2D eigenvalue weighted by molar-refractivity contribution is 5.74. The van der Waals surface area contributed by atoms with Gasteiger partial charge in [0.05, 0.1) is 5.92 Å². The Morgan fingerprint density at radius 3 is 1.59 bits per heavy atom. The van der Waals surface area contributed by atoms with Gasteiger partial charge in [-0.15, -0.1) is 0 Å². The predicted octanol–water partition coefficient (Wildman–Crippen LogP) is 6.09. The van der Waals surface area contributed by atoms with Gasteiger partial charge in [-0.25, -0.2) is 4.39 Å². The maximum atomic E-state index is 14.3. The number of rotatable bonds is 10. The van der Waals surface area contributed by atoms with Crippen LogP contribution in [0.2, 0.25) is 0 Å². The summed E-state index contributed by atoms with van der Waals surface area (Å²) in [5, 5.41) is 0. The van der Waals surface area contributed by atoms with E-state index in [2.05, 4.69) is 0 Å². The van der Waals surface area contributed by atoms with Crippen LogP contribution in [0.1, 0.15) is 30.4 Å². The van der Waals surface area contributed by atoms with Crippen molar-refractivity contribution in [2.45, 2.75) is 50.5 Å². The summed E-state index contributed by atoms with van der Waals surface area (Å²) in [6, 6.07) is 16.1. The minimum atomic E-state index is -6.34. The van der Waals surface area contributed by atoms with E-state index in [1.54, 1.807) is 48.5 Å². The maximum Gasteiger partial charge on any atom is 0.431 e. The average Bonchev–Trinajstić information content (AvgIpc) is 2.78. The molecule has 2 aromatic rings. The number of carbonyl (C=O) groups is 2. The molecule has 0 bridgehead atoms. The Morgan fingerprint density at radius 2 is 1.15 bits per heavy atom. The van der Waals surface area contributed by atoms with E-state index in [9.17, 15) is 40.3 Å². The van der Waals surface area contributed by atoms with Gasteiger partial charge in [0.1, 0.15) is 13.2 Å². The summed E-state index contributed by atoms with van der Waals surface area (Å²) in [6.07, 6.45) is -16.5. The summed E-state index contributed by atoms with van der Waals surface area (Å²) in [7, 11) is 0. The molecule has 0 aliphatic rings. The number of ether oxygens (including phenoxy) is 2. The van der Waals surface area contributed by atoms with E-state index in [0.29, 0.717) is 11.1 Å². The van der Waals surface area contributed by atoms with Crippen LogP contribution in [-0.4, -0.2) is 30.0 Å². The smallest absolute Gasteiger partial charge is 0.431 e. The molecule has 1 unspecified atom stereocenters. The Balaban J connectivity index is 2.11. The van der Waals surface area contributed by atoms with Crippen LogP contribution in [0, 0.1) is 5.92 Å². The third kappa shape index (κ3) is 7.46. The van der Waals surface area contributed by atoms with Gasteiger partial charge < -0.3 is 9.47 Å². The van der Waals surface area contributed by atoms with Gasteiger partial charge in [0, 0.05) is 12.8 Å². The number of hydrogen-bond donors (Lipinski definition) is 0. The van der Waals surface area contributed by atoms with E-state index in [1.165, 1.54) is 12.1 Å². The normalized spacial score (nSPS) is 13.3. The molecule has 0 heterocycles. The molecule has 0 saturated carbocycles. The summed E-state index contributed by atoms with van der Waals surface area (Å²) < 4.78 is 102. The van der Waals surface area contributed by atoms with Crippen LogP contribution >= 0.6 is 0 Å². The predicted molar refractivity (Wildman–Crippen MR) is 106 cm³/mol. The lowest BCUT2D eigenvalue weighted by atomic mass is 9.87. The first-order chi connectivity index (χ1) is 15.8. The first-order valence-electron chi connectivity index (χ1n) is 10.1. The summed E-state index contributed by atoms with van der Waals surface area (Å²) in [6.45, 7) is -0.646. The minimum absolute atomic E-state index is 0.194. The molecule has 0 N–H and O–H groups in total. The molecule has 0 spiro atoms. The average molecular weight is 494 g/mol. The van der Waals surface area contributed by atoms with Crippen molar-refractivity contribution in [2.24, 2.45) is 5.92 Å². The Hall–Kier alpha value is -3.11. The van der Waals surface area contributed by atoms with Crippen LogP contribution in [0.15, 0.2) is 60.7 Å². The topological polar surface area (TPSA) is 52.6 Å². The van der Waals surface area contributed by atoms with Gasteiger partial charge >= 0.3 is 24.3 Å². The SMILES string of the molecule is O=C(CCC(CC(F)(C(F)(F)F)C(F)(F)F)C(=O)OCc1ccccc1)OCc1ccccc1. The molecule has 2 rings (SSSR count). The van der Waals surface area contributed by atoms with Crippen LogP contribution < -0.4 is 0 Å². The molecule has 4 nitrogen and oxygen atoms in total. The fourth-order valence-corrected chi connectivity index (χ4v) is 2.98. The highest BCUT2D eigenvalue weighted by Gasteiger charge is 2.73. The van der Waals surface area contributed by atoms with Crippen LogP contribution in [0.3, 0.4) is 0 Å². The van der Waals surface area contributed by atoms with E-state index < -0.39 is 61.7 Å². The van der Waals surface area contributed by atoms with Crippen molar-refractivity contribution in [3.63, 3.8) is 0 Å². The van der Waals surface area contributed by atoms with Crippen molar-refractivity contribution < 1.29 is 49.8 Å². The Morgan fingerprint density at radius 1 is 0.706 bits per heavy atom. The molecule has 1 atom stereocenters. The van der Waals surface area contributed by atoms with Crippen LogP contribution in [0.5, 0.6) is 0 Å². The molecule has 0 radical (unpaired) electrons. The molecule has 11 heteroatoms. The number of halogens is 7. The van der Waals surface area contributed by atoms with Gasteiger partial charge in [-0.05, 0) is 17.5 Å². The fourth-order valence-electron chi connectivity index (χ4n) is 2.98. The second-order valence-electron chi connectivity index (χ2n) is 7.48. The van der Waals surface area contributed by atoms with Crippen LogP contribution in [0.25, 0.3) is 0 Å². The fraction of sp³-hybridized carbons (Fsp3) is 0.391. The van der Waals surface area contributed by atoms with Gasteiger partial charge in [0.2, 0.25) is 0 Å². The van der Waals surface area contributed by atoms with E-state index >= 15 is 0 Å². The second kappa shape index (κ2) is 11.3. The molecule has 0 aliphatic heterocycles. The lowest BCUT2D eigenvalue weighted by Gasteiger charge is -2.32. The van der Waals surface area contributed by atoms with E-state index in [-0.39, 0.29) is 6.61 Å². The Labute approximate surface area is 190 Å². The lowest BCUT2D eigenvalue weighted by molar-refractivity contribution is -0.345. The minimum Gasteiger partial charge on any atom is -0.461 e. The standard InChI is InChI=1S/C23H21F7O4/c24-21(22(25,26)27,23(28,29)30)13-18(20(32)34-15-17-9-5-2-6-10-17)11-12-19(31)33-14-16-7-3-1-4-8-16/h1-10,18H,11-15H2. The number of esters is 2. The first-order valence-corrected chi connectivity index (χ1v) is 10.1. The molecule has 0 amide bonds. The molecule has 34 heavy (non-hydrogen) atoms. The third-order valence-electron chi connectivity index (χ3n) is 4.92. The monoisotopic (exact) mass is 494 g/mol. The van der Waals surface area contributed by atoms with Gasteiger partial charge in [-0.3, -0.25) is 9.59 Å². The van der Waals surface area contributed by atoms with Crippen molar-refractivity contribution in [3.8, 4) is 0 Å². The maximum absolute atomic E-state index is 14.3. The van der Waals surface area contributed by atoms with E-state index in [4.69, 9.17) is 9.47 Å². The quantitative estimate of drug-likeness (QED) is 0.296. The van der Waals surface area contributed by atoms with Gasteiger partial charge in [-0.1, -0.05) is 60.7 Å². The Bertz CT molecular complexity index is 914. The van der Waals surface area contributed by atoms with Crippen molar-refractivity contribution in [3.05, 3.63) is 71.8 Å². The Kier molecular flexibility index (Phi) is 9.06. The summed E-state index contributed by atoms with van der Waals surface area (Å²) in [4.78, 5) is 24.3. The molecule has 0 aliphatic carbocycles. The summed E-state index contributed by atoms with van der Waals surface area (Å²) in [5.41, 5.74) is -4.66. The van der Waals surface area contributed by atoms with Crippen LogP contribution in [0.4, 0.5) is 30.7 Å². The summed E-state index contributed by atoms with van der Waals surface area (Å²) >= 11 is 0.